The molecule has 0 bridgehead atoms. The molecular weight excluding hydrogens is 340 g/mol. The van der Waals surface area contributed by atoms with Crippen molar-refractivity contribution in [3.05, 3.63) is 65.7 Å². The van der Waals surface area contributed by atoms with Crippen molar-refractivity contribution in [1.82, 2.24) is 14.3 Å². The summed E-state index contributed by atoms with van der Waals surface area (Å²) in [5, 5.41) is 2.85. The van der Waals surface area contributed by atoms with Crippen LogP contribution in [0.2, 0.25) is 0 Å². The van der Waals surface area contributed by atoms with Crippen molar-refractivity contribution in [2.75, 3.05) is 18.9 Å². The summed E-state index contributed by atoms with van der Waals surface area (Å²) in [5.74, 6) is -0.338. The zero-order chi connectivity index (χ0) is 19.4. The molecule has 0 atom stereocenters. The highest BCUT2D eigenvalue weighted by Crippen LogP contribution is 2.17. The number of carbonyl (C=O) groups excluding carboxylic acids is 2. The van der Waals surface area contributed by atoms with Gasteiger partial charge in [0.25, 0.3) is 11.8 Å². The van der Waals surface area contributed by atoms with Crippen molar-refractivity contribution < 1.29 is 9.59 Å². The Morgan fingerprint density at radius 1 is 1.15 bits per heavy atom. The van der Waals surface area contributed by atoms with Crippen LogP contribution in [0, 0.1) is 6.92 Å². The van der Waals surface area contributed by atoms with Crippen LogP contribution in [0.15, 0.2) is 48.7 Å². The Bertz CT molecular complexity index is 960. The average Bonchev–Trinajstić information content (AvgIpc) is 3.07. The molecule has 0 saturated carbocycles. The van der Waals surface area contributed by atoms with Crippen LogP contribution in [0.25, 0.3) is 5.52 Å². The molecule has 6 nitrogen and oxygen atoms in total. The molecule has 3 aromatic rings. The molecule has 0 fully saturated rings. The van der Waals surface area contributed by atoms with Crippen LogP contribution in [0.5, 0.6) is 0 Å². The number of anilines is 1. The summed E-state index contributed by atoms with van der Waals surface area (Å²) >= 11 is 0. The molecular formula is C21H24N4O2. The molecule has 3 rings (SSSR count). The number of hydrogen-bond donors (Lipinski definition) is 1. The van der Waals surface area contributed by atoms with Gasteiger partial charge >= 0.3 is 0 Å². The highest BCUT2D eigenvalue weighted by Gasteiger charge is 2.23. The van der Waals surface area contributed by atoms with Gasteiger partial charge in [0.2, 0.25) is 5.82 Å². The Morgan fingerprint density at radius 3 is 2.59 bits per heavy atom. The lowest BCUT2D eigenvalue weighted by atomic mass is 10.2. The third kappa shape index (κ3) is 4.00. The molecule has 0 radical (unpaired) electrons. The number of hydrogen-bond acceptors (Lipinski definition) is 3. The number of nitrogens with zero attached hydrogens (tertiary/aromatic N) is 3. The molecule has 1 N–H and O–H groups in total. The van der Waals surface area contributed by atoms with Gasteiger partial charge in [0.1, 0.15) is 0 Å². The van der Waals surface area contributed by atoms with Gasteiger partial charge in [-0.25, -0.2) is 4.98 Å². The molecule has 0 aliphatic carbocycles. The topological polar surface area (TPSA) is 66.7 Å². The molecule has 0 unspecified atom stereocenters. The molecule has 140 valence electrons. The van der Waals surface area contributed by atoms with Crippen LogP contribution in [-0.2, 0) is 0 Å². The van der Waals surface area contributed by atoms with Gasteiger partial charge in [-0.1, -0.05) is 37.1 Å². The van der Waals surface area contributed by atoms with Crippen LogP contribution in [0.4, 0.5) is 5.69 Å². The average molecular weight is 364 g/mol. The van der Waals surface area contributed by atoms with Crippen LogP contribution in [0.3, 0.4) is 0 Å². The summed E-state index contributed by atoms with van der Waals surface area (Å²) in [6.07, 6.45) is 3.68. The standard InChI is InChI=1S/C21H24N4O2/c1-4-5-13-24(3)21(27)18-17-8-6-7-14-25(17)19(23-18)20(26)22-16-11-9-15(2)10-12-16/h6-12,14H,4-5,13H2,1-3H3,(H,22,26). The van der Waals surface area contributed by atoms with Crippen molar-refractivity contribution >= 4 is 23.0 Å². The number of fused-ring (bicyclic) bond motifs is 1. The third-order valence-electron chi connectivity index (χ3n) is 4.46. The first-order valence-corrected chi connectivity index (χ1v) is 9.12. The third-order valence-corrected chi connectivity index (χ3v) is 4.46. The van der Waals surface area contributed by atoms with E-state index in [0.29, 0.717) is 23.4 Å². The van der Waals surface area contributed by atoms with Gasteiger partial charge in [0.15, 0.2) is 5.69 Å². The van der Waals surface area contributed by atoms with E-state index in [1.807, 2.05) is 43.3 Å². The summed E-state index contributed by atoms with van der Waals surface area (Å²) < 4.78 is 1.66. The number of imidazole rings is 1. The summed E-state index contributed by atoms with van der Waals surface area (Å²) in [6.45, 7) is 4.73. The lowest BCUT2D eigenvalue weighted by Crippen LogP contribution is -2.28. The van der Waals surface area contributed by atoms with Crippen LogP contribution < -0.4 is 5.32 Å². The summed E-state index contributed by atoms with van der Waals surface area (Å²) in [6, 6.07) is 13.0. The number of aromatic nitrogens is 2. The maximum Gasteiger partial charge on any atom is 0.292 e. The van der Waals surface area contributed by atoms with E-state index >= 15 is 0 Å². The van der Waals surface area contributed by atoms with E-state index < -0.39 is 0 Å². The van der Waals surface area contributed by atoms with Crippen molar-refractivity contribution in [2.24, 2.45) is 0 Å². The molecule has 0 saturated heterocycles. The minimum absolute atomic E-state index is 0.179. The van der Waals surface area contributed by atoms with Crippen molar-refractivity contribution in [2.45, 2.75) is 26.7 Å². The summed E-state index contributed by atoms with van der Waals surface area (Å²) in [4.78, 5) is 31.6. The largest absolute Gasteiger partial charge is 0.340 e. The van der Waals surface area contributed by atoms with Gasteiger partial charge in [0, 0.05) is 25.5 Å². The van der Waals surface area contributed by atoms with E-state index in [-0.39, 0.29) is 17.6 Å². The SMILES string of the molecule is CCCCN(C)C(=O)c1nc(C(=O)Nc2ccc(C)cc2)n2ccccc12. The van der Waals surface area contributed by atoms with Gasteiger partial charge in [0.05, 0.1) is 5.52 Å². The molecule has 0 spiro atoms. The second-order valence-electron chi connectivity index (χ2n) is 6.64. The van der Waals surface area contributed by atoms with Crippen LogP contribution in [-0.4, -0.2) is 39.7 Å². The van der Waals surface area contributed by atoms with Gasteiger partial charge in [-0.05, 0) is 37.6 Å². The van der Waals surface area contributed by atoms with E-state index in [9.17, 15) is 9.59 Å². The number of aryl methyl sites for hydroxylation is 1. The minimum Gasteiger partial charge on any atom is -0.340 e. The second-order valence-corrected chi connectivity index (χ2v) is 6.64. The van der Waals surface area contributed by atoms with E-state index in [0.717, 1.165) is 18.4 Å². The van der Waals surface area contributed by atoms with E-state index in [1.165, 1.54) is 0 Å². The lowest BCUT2D eigenvalue weighted by Gasteiger charge is -2.15. The first-order valence-electron chi connectivity index (χ1n) is 9.12. The highest BCUT2D eigenvalue weighted by atomic mass is 16.2. The zero-order valence-corrected chi connectivity index (χ0v) is 15.9. The second kappa shape index (κ2) is 8.03. The predicted molar refractivity (Wildman–Crippen MR) is 106 cm³/mol. The molecule has 27 heavy (non-hydrogen) atoms. The van der Waals surface area contributed by atoms with Crippen molar-refractivity contribution in [3.8, 4) is 0 Å². The first-order chi connectivity index (χ1) is 13.0. The van der Waals surface area contributed by atoms with Crippen LogP contribution in [0.1, 0.15) is 46.4 Å². The summed E-state index contributed by atoms with van der Waals surface area (Å²) in [7, 11) is 1.76. The molecule has 2 heterocycles. The molecule has 0 aliphatic rings. The Kier molecular flexibility index (Phi) is 5.54. The Morgan fingerprint density at radius 2 is 1.89 bits per heavy atom. The smallest absolute Gasteiger partial charge is 0.292 e. The monoisotopic (exact) mass is 364 g/mol. The molecule has 1 aromatic carbocycles. The van der Waals surface area contributed by atoms with E-state index in [4.69, 9.17) is 0 Å². The first kappa shape index (κ1) is 18.6. The fourth-order valence-electron chi connectivity index (χ4n) is 2.86. The number of amides is 2. The number of pyridine rings is 1. The lowest BCUT2D eigenvalue weighted by molar-refractivity contribution is 0.0790. The van der Waals surface area contributed by atoms with Gasteiger partial charge in [-0.15, -0.1) is 0 Å². The fraction of sp³-hybridized carbons (Fsp3) is 0.286. The molecule has 2 aromatic heterocycles. The predicted octanol–water partition coefficient (Wildman–Crippen LogP) is 3.77. The normalized spacial score (nSPS) is 10.8. The minimum atomic E-state index is -0.352. The van der Waals surface area contributed by atoms with E-state index in [1.54, 1.807) is 28.6 Å². The van der Waals surface area contributed by atoms with Crippen LogP contribution >= 0.6 is 0 Å². The number of unbranched alkanes of at least 4 members (excludes halogenated alkanes) is 1. The molecule has 2 amide bonds. The molecule has 0 aliphatic heterocycles. The van der Waals surface area contributed by atoms with Gasteiger partial charge < -0.3 is 10.2 Å². The summed E-state index contributed by atoms with van der Waals surface area (Å²) in [5.41, 5.74) is 2.72. The Labute approximate surface area is 158 Å². The number of carbonyl (C=O) groups is 2. The highest BCUT2D eigenvalue weighted by molar-refractivity contribution is 6.06. The Balaban J connectivity index is 1.93. The number of nitrogens with one attached hydrogen (secondary N) is 1. The number of rotatable bonds is 6. The molecule has 6 heteroatoms. The van der Waals surface area contributed by atoms with Gasteiger partial charge in [-0.3, -0.25) is 14.0 Å². The van der Waals surface area contributed by atoms with Gasteiger partial charge in [-0.2, -0.15) is 0 Å². The van der Waals surface area contributed by atoms with E-state index in [2.05, 4.69) is 17.2 Å². The Hall–Kier alpha value is -3.15. The quantitative estimate of drug-likeness (QED) is 0.724. The van der Waals surface area contributed by atoms with Crippen molar-refractivity contribution in [3.63, 3.8) is 0 Å². The number of benzene rings is 1. The maximum absolute atomic E-state index is 12.8. The zero-order valence-electron chi connectivity index (χ0n) is 15.9. The maximum atomic E-state index is 12.8. The fourth-order valence-corrected chi connectivity index (χ4v) is 2.86. The van der Waals surface area contributed by atoms with Crippen molar-refractivity contribution in [1.29, 1.82) is 0 Å².